The van der Waals surface area contributed by atoms with E-state index in [1.807, 2.05) is 12.1 Å². The van der Waals surface area contributed by atoms with Gasteiger partial charge >= 0.3 is 0 Å². The largest absolute Gasteiger partial charge is 0.489 e. The summed E-state index contributed by atoms with van der Waals surface area (Å²) in [6.45, 7) is 4.48. The summed E-state index contributed by atoms with van der Waals surface area (Å²) in [5.41, 5.74) is 3.06. The van der Waals surface area contributed by atoms with E-state index in [9.17, 15) is 8.78 Å². The van der Waals surface area contributed by atoms with Gasteiger partial charge in [0.25, 0.3) is 0 Å². The summed E-state index contributed by atoms with van der Waals surface area (Å²) >= 11 is 0. The lowest BCUT2D eigenvalue weighted by Gasteiger charge is -2.13. The highest BCUT2D eigenvalue weighted by Crippen LogP contribution is 2.23. The van der Waals surface area contributed by atoms with Crippen LogP contribution >= 0.6 is 0 Å². The highest BCUT2D eigenvalue weighted by molar-refractivity contribution is 5.37. The summed E-state index contributed by atoms with van der Waals surface area (Å²) in [4.78, 5) is 0. The highest BCUT2D eigenvalue weighted by Gasteiger charge is 2.07. The van der Waals surface area contributed by atoms with Crippen LogP contribution in [0, 0.1) is 11.6 Å². The van der Waals surface area contributed by atoms with E-state index in [-0.39, 0.29) is 6.61 Å². The fraction of sp³-hybridized carbons (Fsp3) is 0.333. The first-order chi connectivity index (χ1) is 10.1. The van der Waals surface area contributed by atoms with Gasteiger partial charge in [-0.05, 0) is 47.7 Å². The molecule has 0 aliphatic rings. The first-order valence-electron chi connectivity index (χ1n) is 7.32. The number of aryl methyl sites for hydroxylation is 2. The molecule has 21 heavy (non-hydrogen) atoms. The minimum Gasteiger partial charge on any atom is -0.489 e. The lowest BCUT2D eigenvalue weighted by atomic mass is 10.0. The zero-order valence-corrected chi connectivity index (χ0v) is 12.5. The normalized spacial score (nSPS) is 10.7. The van der Waals surface area contributed by atoms with E-state index >= 15 is 0 Å². The van der Waals surface area contributed by atoms with Crippen molar-refractivity contribution in [1.29, 1.82) is 0 Å². The van der Waals surface area contributed by atoms with Gasteiger partial charge in [-0.15, -0.1) is 0 Å². The van der Waals surface area contributed by atoms with E-state index in [2.05, 4.69) is 19.9 Å². The topological polar surface area (TPSA) is 9.23 Å². The minimum atomic E-state index is -0.841. The molecule has 112 valence electrons. The number of rotatable bonds is 6. The van der Waals surface area contributed by atoms with Crippen molar-refractivity contribution in [3.63, 3.8) is 0 Å². The van der Waals surface area contributed by atoms with Crippen molar-refractivity contribution >= 4 is 0 Å². The van der Waals surface area contributed by atoms with Crippen LogP contribution in [0.4, 0.5) is 8.78 Å². The third-order valence-corrected chi connectivity index (χ3v) is 3.43. The van der Waals surface area contributed by atoms with Crippen molar-refractivity contribution in [1.82, 2.24) is 0 Å². The first-order valence-corrected chi connectivity index (χ1v) is 7.32. The van der Waals surface area contributed by atoms with Crippen LogP contribution in [0.25, 0.3) is 0 Å². The second-order valence-corrected chi connectivity index (χ2v) is 5.08. The van der Waals surface area contributed by atoms with Gasteiger partial charge in [0.1, 0.15) is 12.4 Å². The molecule has 0 aromatic heterocycles. The maximum Gasteiger partial charge on any atom is 0.159 e. The SMILES string of the molecule is CCCc1cc(CC)ccc1OCc1ccc(F)c(F)c1. The zero-order valence-electron chi connectivity index (χ0n) is 12.5. The molecule has 0 atom stereocenters. The number of benzene rings is 2. The van der Waals surface area contributed by atoms with Gasteiger partial charge in [-0.3, -0.25) is 0 Å². The number of ether oxygens (including phenoxy) is 1. The summed E-state index contributed by atoms with van der Waals surface area (Å²) in [7, 11) is 0. The van der Waals surface area contributed by atoms with E-state index in [1.165, 1.54) is 23.3 Å². The van der Waals surface area contributed by atoms with Gasteiger partial charge in [0.15, 0.2) is 11.6 Å². The van der Waals surface area contributed by atoms with Crippen LogP contribution in [-0.4, -0.2) is 0 Å². The summed E-state index contributed by atoms with van der Waals surface area (Å²) in [5, 5.41) is 0. The van der Waals surface area contributed by atoms with Gasteiger partial charge in [0.2, 0.25) is 0 Å². The van der Waals surface area contributed by atoms with Gasteiger partial charge in [0, 0.05) is 0 Å². The van der Waals surface area contributed by atoms with E-state index in [0.29, 0.717) is 5.56 Å². The molecule has 0 spiro atoms. The molecule has 3 heteroatoms. The minimum absolute atomic E-state index is 0.236. The van der Waals surface area contributed by atoms with Crippen LogP contribution in [0.2, 0.25) is 0 Å². The zero-order chi connectivity index (χ0) is 15.2. The molecule has 0 fully saturated rings. The molecule has 0 N–H and O–H groups in total. The molecule has 0 saturated heterocycles. The third kappa shape index (κ3) is 4.03. The van der Waals surface area contributed by atoms with E-state index < -0.39 is 11.6 Å². The van der Waals surface area contributed by atoms with Crippen molar-refractivity contribution in [2.24, 2.45) is 0 Å². The molecule has 0 saturated carbocycles. The smallest absolute Gasteiger partial charge is 0.159 e. The van der Waals surface area contributed by atoms with E-state index in [1.54, 1.807) is 0 Å². The third-order valence-electron chi connectivity index (χ3n) is 3.43. The predicted octanol–water partition coefficient (Wildman–Crippen LogP) is 5.06. The molecule has 2 aromatic rings. The Labute approximate surface area is 124 Å². The Morgan fingerprint density at radius 1 is 0.905 bits per heavy atom. The molecule has 0 aliphatic heterocycles. The lowest BCUT2D eigenvalue weighted by Crippen LogP contribution is -2.00. The molecule has 0 bridgehead atoms. The van der Waals surface area contributed by atoms with Gasteiger partial charge in [-0.2, -0.15) is 0 Å². The van der Waals surface area contributed by atoms with Gasteiger partial charge in [-0.1, -0.05) is 38.5 Å². The molecule has 0 aliphatic carbocycles. The van der Waals surface area contributed by atoms with Crippen molar-refractivity contribution in [3.8, 4) is 5.75 Å². The van der Waals surface area contributed by atoms with Crippen LogP contribution in [0.3, 0.4) is 0 Å². The maximum atomic E-state index is 13.2. The average molecular weight is 290 g/mol. The summed E-state index contributed by atoms with van der Waals surface area (Å²) in [6.07, 6.45) is 2.97. The summed E-state index contributed by atoms with van der Waals surface area (Å²) in [6, 6.07) is 10.0. The van der Waals surface area contributed by atoms with Crippen molar-refractivity contribution in [2.45, 2.75) is 39.7 Å². The van der Waals surface area contributed by atoms with Crippen LogP contribution in [0.5, 0.6) is 5.75 Å². The van der Waals surface area contributed by atoms with E-state index in [0.717, 1.165) is 31.1 Å². The summed E-state index contributed by atoms with van der Waals surface area (Å²) < 4.78 is 31.8. The fourth-order valence-electron chi connectivity index (χ4n) is 2.25. The van der Waals surface area contributed by atoms with Crippen molar-refractivity contribution < 1.29 is 13.5 Å². The van der Waals surface area contributed by atoms with E-state index in [4.69, 9.17) is 4.74 Å². The average Bonchev–Trinajstić information content (AvgIpc) is 2.49. The Hall–Kier alpha value is -1.90. The standard InChI is InChI=1S/C18H20F2O/c1-3-5-15-10-13(4-2)7-9-18(15)21-12-14-6-8-16(19)17(20)11-14/h6-11H,3-5,12H2,1-2H3. The second kappa shape index (κ2) is 7.21. The number of hydrogen-bond acceptors (Lipinski definition) is 1. The van der Waals surface area contributed by atoms with Crippen LogP contribution < -0.4 is 4.74 Å². The van der Waals surface area contributed by atoms with Gasteiger partial charge < -0.3 is 4.74 Å². The molecular formula is C18H20F2O. The number of hydrogen-bond donors (Lipinski definition) is 0. The highest BCUT2D eigenvalue weighted by atomic mass is 19.2. The Morgan fingerprint density at radius 3 is 2.33 bits per heavy atom. The van der Waals surface area contributed by atoms with Gasteiger partial charge in [-0.25, -0.2) is 8.78 Å². The molecule has 2 aromatic carbocycles. The maximum absolute atomic E-state index is 13.2. The predicted molar refractivity (Wildman–Crippen MR) is 80.5 cm³/mol. The molecule has 0 heterocycles. The molecule has 0 radical (unpaired) electrons. The Balaban J connectivity index is 2.13. The first kappa shape index (κ1) is 15.5. The Kier molecular flexibility index (Phi) is 5.32. The van der Waals surface area contributed by atoms with Gasteiger partial charge in [0.05, 0.1) is 0 Å². The fourth-order valence-corrected chi connectivity index (χ4v) is 2.25. The second-order valence-electron chi connectivity index (χ2n) is 5.08. The van der Waals surface area contributed by atoms with Crippen LogP contribution in [0.15, 0.2) is 36.4 Å². The number of halogens is 2. The Bertz CT molecular complexity index is 608. The summed E-state index contributed by atoms with van der Waals surface area (Å²) in [5.74, 6) is -0.859. The van der Waals surface area contributed by atoms with Crippen LogP contribution in [-0.2, 0) is 19.4 Å². The molecule has 1 nitrogen and oxygen atoms in total. The molecule has 0 unspecified atom stereocenters. The monoisotopic (exact) mass is 290 g/mol. The molecule has 0 amide bonds. The van der Waals surface area contributed by atoms with Crippen LogP contribution in [0.1, 0.15) is 37.0 Å². The molecular weight excluding hydrogens is 270 g/mol. The Morgan fingerprint density at radius 2 is 1.67 bits per heavy atom. The molecule has 2 rings (SSSR count). The lowest BCUT2D eigenvalue weighted by molar-refractivity contribution is 0.301. The quantitative estimate of drug-likeness (QED) is 0.722. The van der Waals surface area contributed by atoms with Crippen molar-refractivity contribution in [2.75, 3.05) is 0 Å². The van der Waals surface area contributed by atoms with Crippen molar-refractivity contribution in [3.05, 3.63) is 64.7 Å².